The number of hydrogen-bond donors (Lipinski definition) is 1. The Kier molecular flexibility index (Phi) is 7.67. The zero-order valence-corrected chi connectivity index (χ0v) is 24.1. The minimum Gasteiger partial charge on any atom is -0.496 e. The quantitative estimate of drug-likeness (QED) is 0.221. The van der Waals surface area contributed by atoms with Crippen molar-refractivity contribution < 1.29 is 28.6 Å². The van der Waals surface area contributed by atoms with Crippen LogP contribution in [-0.4, -0.2) is 42.5 Å². The summed E-state index contributed by atoms with van der Waals surface area (Å²) in [5.41, 5.74) is 4.24. The second-order valence-electron chi connectivity index (χ2n) is 10.5. The number of methoxy groups -OCH3 is 1. The van der Waals surface area contributed by atoms with Gasteiger partial charge in [0, 0.05) is 36.6 Å². The maximum atomic E-state index is 13.3. The molecule has 3 aromatic carbocycles. The van der Waals surface area contributed by atoms with Crippen LogP contribution in [0.5, 0.6) is 11.5 Å². The number of ether oxygens (including phenoxy) is 3. The lowest BCUT2D eigenvalue weighted by Crippen LogP contribution is -2.52. The smallest absolute Gasteiger partial charge is 0.345 e. The number of pyridine rings is 1. The molecule has 1 aliphatic rings. The first-order valence-corrected chi connectivity index (χ1v) is 13.4. The Labute approximate surface area is 244 Å². The zero-order valence-electron chi connectivity index (χ0n) is 24.1. The van der Waals surface area contributed by atoms with Crippen LogP contribution >= 0.6 is 0 Å². The summed E-state index contributed by atoms with van der Waals surface area (Å²) >= 11 is 0. The standard InChI is InChI=1S/C33H31N3O6/c1-20-8-10-21(11-9-20)30(37)41-19-26-24(14-15-27-29(26)36(4)32(39)33(2,3)35-27)25-13-12-23(17-28(25)40-5)42-31(38)22-7-6-16-34-18-22/h6-18,35H,19H2,1-5H3. The molecule has 0 radical (unpaired) electrons. The number of likely N-dealkylation sites (N-methyl/N-ethyl adjacent to an activating group) is 1. The lowest BCUT2D eigenvalue weighted by molar-refractivity contribution is -0.121. The Morgan fingerprint density at radius 2 is 1.69 bits per heavy atom. The van der Waals surface area contributed by atoms with E-state index in [0.717, 1.165) is 11.3 Å². The predicted octanol–water partition coefficient (Wildman–Crippen LogP) is 5.81. The summed E-state index contributed by atoms with van der Waals surface area (Å²) in [6.07, 6.45) is 3.00. The molecular formula is C33H31N3O6. The van der Waals surface area contributed by atoms with Gasteiger partial charge >= 0.3 is 11.9 Å². The van der Waals surface area contributed by atoms with Gasteiger partial charge in [-0.1, -0.05) is 23.8 Å². The summed E-state index contributed by atoms with van der Waals surface area (Å²) in [6.45, 7) is 5.46. The molecule has 0 aliphatic carbocycles. The van der Waals surface area contributed by atoms with Gasteiger partial charge in [0.05, 0.1) is 29.6 Å². The number of carbonyl (C=O) groups excluding carboxylic acids is 3. The van der Waals surface area contributed by atoms with Crippen molar-refractivity contribution in [1.29, 1.82) is 0 Å². The maximum absolute atomic E-state index is 13.3. The lowest BCUT2D eigenvalue weighted by Gasteiger charge is -2.39. The molecule has 0 saturated heterocycles. The maximum Gasteiger partial charge on any atom is 0.345 e. The van der Waals surface area contributed by atoms with Crippen molar-refractivity contribution in [3.63, 3.8) is 0 Å². The molecule has 4 aromatic rings. The minimum atomic E-state index is -0.823. The van der Waals surface area contributed by atoms with Gasteiger partial charge in [-0.05, 0) is 68.8 Å². The van der Waals surface area contributed by atoms with Crippen molar-refractivity contribution in [2.24, 2.45) is 0 Å². The number of aromatic nitrogens is 1. The van der Waals surface area contributed by atoms with Crippen molar-refractivity contribution in [2.75, 3.05) is 24.4 Å². The van der Waals surface area contributed by atoms with Gasteiger partial charge in [0.1, 0.15) is 23.6 Å². The second kappa shape index (κ2) is 11.4. The van der Waals surface area contributed by atoms with Gasteiger partial charge < -0.3 is 24.4 Å². The number of anilines is 2. The van der Waals surface area contributed by atoms with Crippen LogP contribution in [0.4, 0.5) is 11.4 Å². The van der Waals surface area contributed by atoms with E-state index in [2.05, 4.69) is 10.3 Å². The molecule has 5 rings (SSSR count). The summed E-state index contributed by atoms with van der Waals surface area (Å²) in [5.74, 6) is -0.463. The summed E-state index contributed by atoms with van der Waals surface area (Å²) < 4.78 is 17.1. The molecule has 1 aromatic heterocycles. The number of amides is 1. The van der Waals surface area contributed by atoms with Crippen molar-refractivity contribution in [1.82, 2.24) is 4.98 Å². The van der Waals surface area contributed by atoms with Crippen LogP contribution in [0.2, 0.25) is 0 Å². The average Bonchev–Trinajstić information content (AvgIpc) is 2.99. The Hall–Kier alpha value is -5.18. The lowest BCUT2D eigenvalue weighted by atomic mass is 9.91. The Bertz CT molecular complexity index is 1670. The van der Waals surface area contributed by atoms with Gasteiger partial charge in [-0.15, -0.1) is 0 Å². The third-order valence-corrected chi connectivity index (χ3v) is 7.11. The van der Waals surface area contributed by atoms with Crippen LogP contribution in [-0.2, 0) is 16.1 Å². The first-order chi connectivity index (χ1) is 20.1. The fraction of sp³-hybridized carbons (Fsp3) is 0.212. The molecule has 0 spiro atoms. The first kappa shape index (κ1) is 28.4. The third kappa shape index (κ3) is 5.54. The molecule has 9 nitrogen and oxygen atoms in total. The van der Waals surface area contributed by atoms with E-state index in [1.165, 1.54) is 13.3 Å². The van der Waals surface area contributed by atoms with Gasteiger partial charge in [-0.3, -0.25) is 9.78 Å². The molecule has 0 bridgehead atoms. The zero-order chi connectivity index (χ0) is 30.0. The number of fused-ring (bicyclic) bond motifs is 1. The monoisotopic (exact) mass is 565 g/mol. The highest BCUT2D eigenvalue weighted by Crippen LogP contribution is 2.45. The number of benzene rings is 3. The first-order valence-electron chi connectivity index (χ1n) is 13.4. The van der Waals surface area contributed by atoms with Gasteiger partial charge in [-0.25, -0.2) is 9.59 Å². The van der Waals surface area contributed by atoms with Gasteiger partial charge in [0.25, 0.3) is 5.91 Å². The van der Waals surface area contributed by atoms with Crippen LogP contribution in [0.1, 0.15) is 45.7 Å². The van der Waals surface area contributed by atoms with Crippen molar-refractivity contribution in [3.8, 4) is 22.6 Å². The summed E-state index contributed by atoms with van der Waals surface area (Å²) in [4.78, 5) is 44.4. The molecule has 1 N–H and O–H groups in total. The molecule has 9 heteroatoms. The number of aryl methyl sites for hydroxylation is 1. The Balaban J connectivity index is 1.54. The number of esters is 2. The molecule has 1 amide bonds. The van der Waals surface area contributed by atoms with Crippen molar-refractivity contribution in [2.45, 2.75) is 32.9 Å². The average molecular weight is 566 g/mol. The number of carbonyl (C=O) groups is 3. The summed E-state index contributed by atoms with van der Waals surface area (Å²) in [5, 5.41) is 3.31. The van der Waals surface area contributed by atoms with E-state index in [1.54, 1.807) is 60.6 Å². The predicted molar refractivity (Wildman–Crippen MR) is 159 cm³/mol. The molecular weight excluding hydrogens is 534 g/mol. The highest BCUT2D eigenvalue weighted by Gasteiger charge is 2.39. The Morgan fingerprint density at radius 3 is 2.38 bits per heavy atom. The van der Waals surface area contributed by atoms with E-state index in [-0.39, 0.29) is 18.3 Å². The molecule has 1 aliphatic heterocycles. The molecule has 0 fully saturated rings. The molecule has 0 unspecified atom stereocenters. The highest BCUT2D eigenvalue weighted by molar-refractivity contribution is 6.09. The van der Waals surface area contributed by atoms with E-state index < -0.39 is 17.5 Å². The van der Waals surface area contributed by atoms with E-state index in [4.69, 9.17) is 14.2 Å². The summed E-state index contributed by atoms with van der Waals surface area (Å²) in [6, 6.07) is 19.2. The largest absolute Gasteiger partial charge is 0.496 e. The fourth-order valence-electron chi connectivity index (χ4n) is 4.95. The second-order valence-corrected chi connectivity index (χ2v) is 10.5. The van der Waals surface area contributed by atoms with Gasteiger partial charge in [-0.2, -0.15) is 0 Å². The Morgan fingerprint density at radius 1 is 0.952 bits per heavy atom. The van der Waals surface area contributed by atoms with Crippen LogP contribution < -0.4 is 19.7 Å². The van der Waals surface area contributed by atoms with Crippen LogP contribution in [0.3, 0.4) is 0 Å². The topological polar surface area (TPSA) is 107 Å². The normalized spacial score (nSPS) is 13.5. The minimum absolute atomic E-state index is 0.105. The SMILES string of the molecule is COc1cc(OC(=O)c2cccnc2)ccc1-c1ccc2c(c1COC(=O)c1ccc(C)cc1)N(C)C(=O)C(C)(C)N2. The van der Waals surface area contributed by atoms with E-state index in [9.17, 15) is 14.4 Å². The highest BCUT2D eigenvalue weighted by atomic mass is 16.5. The van der Waals surface area contributed by atoms with E-state index >= 15 is 0 Å². The van der Waals surface area contributed by atoms with Crippen LogP contribution in [0, 0.1) is 6.92 Å². The molecule has 0 saturated carbocycles. The van der Waals surface area contributed by atoms with E-state index in [1.807, 2.05) is 45.0 Å². The number of nitrogens with one attached hydrogen (secondary N) is 1. The number of rotatable bonds is 7. The molecule has 42 heavy (non-hydrogen) atoms. The molecule has 0 atom stereocenters. The van der Waals surface area contributed by atoms with Crippen LogP contribution in [0.25, 0.3) is 11.1 Å². The summed E-state index contributed by atoms with van der Waals surface area (Å²) in [7, 11) is 3.22. The molecule has 214 valence electrons. The van der Waals surface area contributed by atoms with Crippen molar-refractivity contribution >= 4 is 29.2 Å². The van der Waals surface area contributed by atoms with E-state index in [0.29, 0.717) is 39.3 Å². The molecule has 2 heterocycles. The van der Waals surface area contributed by atoms with Crippen LogP contribution in [0.15, 0.2) is 79.1 Å². The third-order valence-electron chi connectivity index (χ3n) is 7.11. The number of hydrogen-bond acceptors (Lipinski definition) is 8. The van der Waals surface area contributed by atoms with Gasteiger partial charge in [0.15, 0.2) is 0 Å². The number of nitrogens with zero attached hydrogens (tertiary/aromatic N) is 2. The van der Waals surface area contributed by atoms with Crippen molar-refractivity contribution in [3.05, 3.63) is 101 Å². The van der Waals surface area contributed by atoms with Gasteiger partial charge in [0.2, 0.25) is 0 Å². The fourth-order valence-corrected chi connectivity index (χ4v) is 4.95.